The van der Waals surface area contributed by atoms with E-state index in [2.05, 4.69) is 5.32 Å². The van der Waals surface area contributed by atoms with Crippen LogP contribution in [0.25, 0.3) is 6.08 Å². The molecule has 6 heteroatoms. The lowest BCUT2D eigenvalue weighted by Gasteiger charge is -2.10. The molecule has 0 saturated carbocycles. The van der Waals surface area contributed by atoms with Crippen LogP contribution in [0.2, 0.25) is 5.02 Å². The number of carbonyl (C=O) groups excluding carboxylic acids is 1. The summed E-state index contributed by atoms with van der Waals surface area (Å²) >= 11 is 6.16. The van der Waals surface area contributed by atoms with Gasteiger partial charge in [-0.25, -0.2) is 0 Å². The third kappa shape index (κ3) is 5.17. The van der Waals surface area contributed by atoms with Crippen molar-refractivity contribution in [2.45, 2.75) is 13.5 Å². The number of halogens is 1. The van der Waals surface area contributed by atoms with E-state index in [4.69, 9.17) is 25.8 Å². The molecule has 0 aliphatic heterocycles. The second kappa shape index (κ2) is 9.73. The van der Waals surface area contributed by atoms with Crippen molar-refractivity contribution in [2.24, 2.45) is 0 Å². The summed E-state index contributed by atoms with van der Waals surface area (Å²) in [6, 6.07) is 11.1. The standard InChI is InChI=1S/C20H22ClNO4/c1-4-26-17-8-6-5-7-15(17)13-22-19(23)10-9-14-11-16(21)20(25-3)18(12-14)24-2/h5-12H,4,13H2,1-3H3,(H,22,23)/b10-9+. The van der Waals surface area contributed by atoms with Crippen molar-refractivity contribution >= 4 is 23.6 Å². The first-order chi connectivity index (χ1) is 12.6. The van der Waals surface area contributed by atoms with E-state index in [1.807, 2.05) is 31.2 Å². The van der Waals surface area contributed by atoms with Crippen molar-refractivity contribution in [2.75, 3.05) is 20.8 Å². The van der Waals surface area contributed by atoms with Crippen LogP contribution in [0.3, 0.4) is 0 Å². The van der Waals surface area contributed by atoms with Gasteiger partial charge in [0.1, 0.15) is 5.75 Å². The number of nitrogens with one attached hydrogen (secondary N) is 1. The molecule has 0 saturated heterocycles. The molecule has 2 aromatic rings. The first-order valence-corrected chi connectivity index (χ1v) is 8.55. The first-order valence-electron chi connectivity index (χ1n) is 8.17. The summed E-state index contributed by atoms with van der Waals surface area (Å²) in [5.74, 6) is 1.52. The van der Waals surface area contributed by atoms with Crippen LogP contribution >= 0.6 is 11.6 Å². The molecule has 1 N–H and O–H groups in total. The maximum Gasteiger partial charge on any atom is 0.244 e. The van der Waals surface area contributed by atoms with E-state index in [1.54, 1.807) is 18.2 Å². The average molecular weight is 376 g/mol. The minimum Gasteiger partial charge on any atom is -0.494 e. The molecule has 5 nitrogen and oxygen atoms in total. The number of benzene rings is 2. The zero-order valence-corrected chi connectivity index (χ0v) is 15.8. The zero-order chi connectivity index (χ0) is 18.9. The number of rotatable bonds is 8. The molecule has 0 bridgehead atoms. The lowest BCUT2D eigenvalue weighted by Crippen LogP contribution is -2.20. The van der Waals surface area contributed by atoms with Gasteiger partial charge in [0.15, 0.2) is 11.5 Å². The summed E-state index contributed by atoms with van der Waals surface area (Å²) in [5, 5.41) is 3.25. The van der Waals surface area contributed by atoms with Gasteiger partial charge in [0.25, 0.3) is 0 Å². The second-order valence-electron chi connectivity index (χ2n) is 5.33. The number of hydrogen-bond acceptors (Lipinski definition) is 4. The van der Waals surface area contributed by atoms with Gasteiger partial charge in [-0.2, -0.15) is 0 Å². The zero-order valence-electron chi connectivity index (χ0n) is 15.0. The molecule has 2 rings (SSSR count). The van der Waals surface area contributed by atoms with Crippen molar-refractivity contribution in [3.05, 3.63) is 58.6 Å². The highest BCUT2D eigenvalue weighted by atomic mass is 35.5. The maximum absolute atomic E-state index is 12.1. The Bertz CT molecular complexity index is 789. The van der Waals surface area contributed by atoms with Crippen LogP contribution < -0.4 is 19.5 Å². The Morgan fingerprint density at radius 2 is 1.92 bits per heavy atom. The van der Waals surface area contributed by atoms with E-state index < -0.39 is 0 Å². The number of para-hydroxylation sites is 1. The average Bonchev–Trinajstić information content (AvgIpc) is 2.65. The molecule has 0 atom stereocenters. The fourth-order valence-corrected chi connectivity index (χ4v) is 2.69. The number of hydrogen-bond donors (Lipinski definition) is 1. The summed E-state index contributed by atoms with van der Waals surface area (Å²) in [5.41, 5.74) is 1.66. The van der Waals surface area contributed by atoms with Crippen molar-refractivity contribution in [3.63, 3.8) is 0 Å². The minimum atomic E-state index is -0.220. The Morgan fingerprint density at radius 1 is 1.15 bits per heavy atom. The number of methoxy groups -OCH3 is 2. The van der Waals surface area contributed by atoms with Gasteiger partial charge in [-0.15, -0.1) is 0 Å². The first kappa shape index (κ1) is 19.7. The molecular formula is C20H22ClNO4. The Balaban J connectivity index is 2.03. The van der Waals surface area contributed by atoms with Gasteiger partial charge in [-0.05, 0) is 36.8 Å². The molecule has 0 aliphatic rings. The predicted octanol–water partition coefficient (Wildman–Crippen LogP) is 4.09. The van der Waals surface area contributed by atoms with Crippen LogP contribution in [0.1, 0.15) is 18.1 Å². The van der Waals surface area contributed by atoms with Gasteiger partial charge in [0.2, 0.25) is 5.91 Å². The summed E-state index contributed by atoms with van der Waals surface area (Å²) in [4.78, 5) is 12.1. The smallest absolute Gasteiger partial charge is 0.244 e. The van der Waals surface area contributed by atoms with E-state index in [0.29, 0.717) is 29.7 Å². The monoisotopic (exact) mass is 375 g/mol. The summed E-state index contributed by atoms with van der Waals surface area (Å²) in [6.45, 7) is 2.88. The summed E-state index contributed by atoms with van der Waals surface area (Å²) in [6.07, 6.45) is 3.11. The Morgan fingerprint density at radius 3 is 2.62 bits per heavy atom. The molecular weight excluding hydrogens is 354 g/mol. The lowest BCUT2D eigenvalue weighted by atomic mass is 10.1. The van der Waals surface area contributed by atoms with E-state index >= 15 is 0 Å². The topological polar surface area (TPSA) is 56.8 Å². The van der Waals surface area contributed by atoms with Gasteiger partial charge < -0.3 is 19.5 Å². The van der Waals surface area contributed by atoms with Crippen LogP contribution in [0.4, 0.5) is 0 Å². The van der Waals surface area contributed by atoms with Gasteiger partial charge in [-0.3, -0.25) is 4.79 Å². The van der Waals surface area contributed by atoms with Crippen molar-refractivity contribution in [1.82, 2.24) is 5.32 Å². The molecule has 26 heavy (non-hydrogen) atoms. The third-order valence-corrected chi connectivity index (χ3v) is 3.89. The van der Waals surface area contributed by atoms with Crippen LogP contribution in [0, 0.1) is 0 Å². The summed E-state index contributed by atoms with van der Waals surface area (Å²) < 4.78 is 16.0. The van der Waals surface area contributed by atoms with Crippen LogP contribution in [0.15, 0.2) is 42.5 Å². The number of carbonyl (C=O) groups is 1. The van der Waals surface area contributed by atoms with Crippen LogP contribution in [0.5, 0.6) is 17.2 Å². The predicted molar refractivity (Wildman–Crippen MR) is 103 cm³/mol. The SMILES string of the molecule is CCOc1ccccc1CNC(=O)/C=C/c1cc(Cl)c(OC)c(OC)c1. The molecule has 2 aromatic carbocycles. The fourth-order valence-electron chi connectivity index (χ4n) is 2.39. The van der Waals surface area contributed by atoms with E-state index in [9.17, 15) is 4.79 Å². The highest BCUT2D eigenvalue weighted by Crippen LogP contribution is 2.36. The van der Waals surface area contributed by atoms with Crippen LogP contribution in [-0.2, 0) is 11.3 Å². The maximum atomic E-state index is 12.1. The normalized spacial score (nSPS) is 10.6. The largest absolute Gasteiger partial charge is 0.494 e. The fraction of sp³-hybridized carbons (Fsp3) is 0.250. The molecule has 138 valence electrons. The molecule has 0 aromatic heterocycles. The van der Waals surface area contributed by atoms with Crippen LogP contribution in [-0.4, -0.2) is 26.7 Å². The molecule has 0 unspecified atom stereocenters. The lowest BCUT2D eigenvalue weighted by molar-refractivity contribution is -0.116. The Hall–Kier alpha value is -2.66. The second-order valence-corrected chi connectivity index (χ2v) is 5.74. The van der Waals surface area contributed by atoms with E-state index in [0.717, 1.165) is 16.9 Å². The molecule has 1 amide bonds. The van der Waals surface area contributed by atoms with Crippen molar-refractivity contribution < 1.29 is 19.0 Å². The van der Waals surface area contributed by atoms with E-state index in [-0.39, 0.29) is 5.91 Å². The minimum absolute atomic E-state index is 0.220. The summed E-state index contributed by atoms with van der Waals surface area (Å²) in [7, 11) is 3.05. The molecule has 0 fully saturated rings. The van der Waals surface area contributed by atoms with Gasteiger partial charge >= 0.3 is 0 Å². The third-order valence-electron chi connectivity index (χ3n) is 3.61. The molecule has 0 spiro atoms. The van der Waals surface area contributed by atoms with Gasteiger partial charge in [-0.1, -0.05) is 29.8 Å². The molecule has 0 heterocycles. The van der Waals surface area contributed by atoms with E-state index in [1.165, 1.54) is 20.3 Å². The quantitative estimate of drug-likeness (QED) is 0.706. The highest BCUT2D eigenvalue weighted by Gasteiger charge is 2.10. The van der Waals surface area contributed by atoms with Gasteiger partial charge in [0.05, 0.1) is 25.8 Å². The van der Waals surface area contributed by atoms with Gasteiger partial charge in [0, 0.05) is 18.2 Å². The van der Waals surface area contributed by atoms with Crippen molar-refractivity contribution in [3.8, 4) is 17.2 Å². The highest BCUT2D eigenvalue weighted by molar-refractivity contribution is 6.32. The van der Waals surface area contributed by atoms with Crippen molar-refractivity contribution in [1.29, 1.82) is 0 Å². The Labute approximate surface area is 158 Å². The number of ether oxygens (including phenoxy) is 3. The molecule has 0 aliphatic carbocycles. The Kier molecular flexibility index (Phi) is 7.36. The number of amides is 1. The molecule has 0 radical (unpaired) electrons.